The third-order valence-corrected chi connectivity index (χ3v) is 7.15. The molecule has 1 unspecified atom stereocenters. The Morgan fingerprint density at radius 3 is 2.27 bits per heavy atom. The summed E-state index contributed by atoms with van der Waals surface area (Å²) in [5, 5.41) is 3.40. The van der Waals surface area contributed by atoms with Crippen LogP contribution in [0.4, 0.5) is 0 Å². The van der Waals surface area contributed by atoms with Crippen LogP contribution < -0.4 is 10.1 Å². The third-order valence-electron chi connectivity index (χ3n) is 4.99. The summed E-state index contributed by atoms with van der Waals surface area (Å²) >= 11 is 5.84. The number of sulfonamides is 1. The van der Waals surface area contributed by atoms with Crippen LogP contribution in [0.2, 0.25) is 5.02 Å². The van der Waals surface area contributed by atoms with Crippen LogP contribution in [-0.2, 0) is 21.4 Å². The monoisotopic (exact) mass is 451 g/mol. The van der Waals surface area contributed by atoms with Gasteiger partial charge in [-0.1, -0.05) is 23.7 Å². The molecule has 1 heterocycles. The van der Waals surface area contributed by atoms with Gasteiger partial charge in [0.05, 0.1) is 4.90 Å². The van der Waals surface area contributed by atoms with Gasteiger partial charge in [-0.05, 0) is 55.9 Å². The van der Waals surface area contributed by atoms with Gasteiger partial charge in [0.2, 0.25) is 10.0 Å². The Kier molecular flexibility index (Phi) is 7.36. The first kappa shape index (κ1) is 22.6. The van der Waals surface area contributed by atoms with Gasteiger partial charge in [0.25, 0.3) is 5.91 Å². The second kappa shape index (κ2) is 9.78. The molecule has 30 heavy (non-hydrogen) atoms. The Labute approximate surface area is 182 Å². The summed E-state index contributed by atoms with van der Waals surface area (Å²) in [5.74, 6) is 0.291. The smallest absolute Gasteiger partial charge is 0.261 e. The van der Waals surface area contributed by atoms with Crippen molar-refractivity contribution < 1.29 is 17.9 Å². The minimum atomic E-state index is -3.49. The molecular formula is C21H26ClN3O4S. The Hall–Kier alpha value is -2.13. The number of ether oxygens (including phenoxy) is 1. The summed E-state index contributed by atoms with van der Waals surface area (Å²) in [5.41, 5.74) is 0.805. The average Bonchev–Trinajstić information content (AvgIpc) is 2.74. The van der Waals surface area contributed by atoms with Crippen molar-refractivity contribution in [3.8, 4) is 5.75 Å². The molecule has 1 fully saturated rings. The normalized spacial score (nSPS) is 16.8. The topological polar surface area (TPSA) is 78.9 Å². The van der Waals surface area contributed by atoms with Gasteiger partial charge < -0.3 is 15.0 Å². The van der Waals surface area contributed by atoms with E-state index >= 15 is 0 Å². The van der Waals surface area contributed by atoms with E-state index in [2.05, 4.69) is 10.2 Å². The SMILES string of the molecule is CC(Oc1ccc(Cl)cc1)C(=O)NCc1ccc(S(=O)(=O)N2CCN(C)CC2)cc1. The molecule has 2 aromatic carbocycles. The second-order valence-corrected chi connectivity index (χ2v) is 9.66. The van der Waals surface area contributed by atoms with Crippen molar-refractivity contribution >= 4 is 27.5 Å². The van der Waals surface area contributed by atoms with Crippen molar-refractivity contribution in [1.29, 1.82) is 0 Å². The summed E-state index contributed by atoms with van der Waals surface area (Å²) in [6.07, 6.45) is -0.678. The summed E-state index contributed by atoms with van der Waals surface area (Å²) in [4.78, 5) is 14.7. The third kappa shape index (κ3) is 5.72. The highest BCUT2D eigenvalue weighted by molar-refractivity contribution is 7.89. The van der Waals surface area contributed by atoms with Gasteiger partial charge >= 0.3 is 0 Å². The molecule has 0 aliphatic carbocycles. The zero-order valence-electron chi connectivity index (χ0n) is 17.0. The first-order valence-electron chi connectivity index (χ1n) is 9.73. The molecular weight excluding hydrogens is 426 g/mol. The number of halogens is 1. The van der Waals surface area contributed by atoms with Crippen molar-refractivity contribution in [2.24, 2.45) is 0 Å². The maximum Gasteiger partial charge on any atom is 0.261 e. The van der Waals surface area contributed by atoms with Gasteiger partial charge in [0.15, 0.2) is 6.10 Å². The molecule has 0 bridgehead atoms. The number of carbonyl (C=O) groups excluding carboxylic acids is 1. The average molecular weight is 452 g/mol. The van der Waals surface area contributed by atoms with Crippen molar-refractivity contribution in [2.45, 2.75) is 24.5 Å². The maximum atomic E-state index is 12.8. The zero-order valence-corrected chi connectivity index (χ0v) is 18.6. The number of carbonyl (C=O) groups is 1. The van der Waals surface area contributed by atoms with E-state index in [0.29, 0.717) is 23.9 Å². The highest BCUT2D eigenvalue weighted by Crippen LogP contribution is 2.19. The lowest BCUT2D eigenvalue weighted by atomic mass is 10.2. The Morgan fingerprint density at radius 2 is 1.67 bits per heavy atom. The van der Waals surface area contributed by atoms with Gasteiger partial charge in [-0.25, -0.2) is 8.42 Å². The number of nitrogens with zero attached hydrogens (tertiary/aromatic N) is 2. The lowest BCUT2D eigenvalue weighted by Gasteiger charge is -2.31. The molecule has 9 heteroatoms. The second-order valence-electron chi connectivity index (χ2n) is 7.28. The van der Waals surface area contributed by atoms with E-state index in [-0.39, 0.29) is 17.3 Å². The number of benzene rings is 2. The number of amides is 1. The number of likely N-dealkylation sites (N-methyl/N-ethyl adjacent to an activating group) is 1. The van der Waals surface area contributed by atoms with Crippen molar-refractivity contribution in [3.05, 3.63) is 59.1 Å². The van der Waals surface area contributed by atoms with E-state index in [1.807, 2.05) is 7.05 Å². The molecule has 3 rings (SSSR count). The molecule has 2 aromatic rings. The molecule has 1 atom stereocenters. The van der Waals surface area contributed by atoms with Crippen LogP contribution in [0.25, 0.3) is 0 Å². The molecule has 1 aliphatic heterocycles. The lowest BCUT2D eigenvalue weighted by Crippen LogP contribution is -2.47. The van der Waals surface area contributed by atoms with E-state index in [4.69, 9.17) is 16.3 Å². The van der Waals surface area contributed by atoms with Gasteiger partial charge in [0, 0.05) is 37.7 Å². The predicted molar refractivity (Wildman–Crippen MR) is 116 cm³/mol. The van der Waals surface area contributed by atoms with Gasteiger partial charge in [-0.3, -0.25) is 4.79 Å². The number of nitrogens with one attached hydrogen (secondary N) is 1. The minimum absolute atomic E-state index is 0.265. The maximum absolute atomic E-state index is 12.8. The van der Waals surface area contributed by atoms with E-state index in [0.717, 1.165) is 18.7 Å². The van der Waals surface area contributed by atoms with Crippen LogP contribution in [0.1, 0.15) is 12.5 Å². The van der Waals surface area contributed by atoms with Gasteiger partial charge in [-0.15, -0.1) is 0 Å². The molecule has 1 N–H and O–H groups in total. The summed E-state index contributed by atoms with van der Waals surface area (Å²) in [7, 11) is -1.51. The van der Waals surface area contributed by atoms with Crippen LogP contribution in [-0.4, -0.2) is 62.9 Å². The fraction of sp³-hybridized carbons (Fsp3) is 0.381. The van der Waals surface area contributed by atoms with Crippen LogP contribution in [0.15, 0.2) is 53.4 Å². The van der Waals surface area contributed by atoms with E-state index < -0.39 is 16.1 Å². The zero-order chi connectivity index (χ0) is 21.7. The fourth-order valence-corrected chi connectivity index (χ4v) is 4.61. The fourth-order valence-electron chi connectivity index (χ4n) is 3.06. The molecule has 1 saturated heterocycles. The number of hydrogen-bond donors (Lipinski definition) is 1. The Balaban J connectivity index is 1.53. The van der Waals surface area contributed by atoms with E-state index in [9.17, 15) is 13.2 Å². The summed E-state index contributed by atoms with van der Waals surface area (Å²) in [6.45, 7) is 4.36. The largest absolute Gasteiger partial charge is 0.481 e. The first-order valence-corrected chi connectivity index (χ1v) is 11.5. The first-order chi connectivity index (χ1) is 14.3. The molecule has 1 aliphatic rings. The highest BCUT2D eigenvalue weighted by atomic mass is 35.5. The van der Waals surface area contributed by atoms with Crippen LogP contribution in [0.3, 0.4) is 0 Å². The minimum Gasteiger partial charge on any atom is -0.481 e. The number of rotatable bonds is 7. The standard InChI is InChI=1S/C21H26ClN3O4S/c1-16(29-19-7-5-18(22)6-8-19)21(26)23-15-17-3-9-20(10-4-17)30(27,28)25-13-11-24(2)12-14-25/h3-10,16H,11-15H2,1-2H3,(H,23,26). The predicted octanol–water partition coefficient (Wildman–Crippen LogP) is 2.36. The summed E-state index contributed by atoms with van der Waals surface area (Å²) < 4.78 is 32.6. The molecule has 0 aromatic heterocycles. The lowest BCUT2D eigenvalue weighted by molar-refractivity contribution is -0.127. The molecule has 7 nitrogen and oxygen atoms in total. The quantitative estimate of drug-likeness (QED) is 0.699. The molecule has 162 valence electrons. The molecule has 0 saturated carbocycles. The van der Waals surface area contributed by atoms with Crippen molar-refractivity contribution in [1.82, 2.24) is 14.5 Å². The van der Waals surface area contributed by atoms with E-state index in [1.54, 1.807) is 55.5 Å². The Bertz CT molecular complexity index is 957. The number of piperazine rings is 1. The van der Waals surface area contributed by atoms with E-state index in [1.165, 1.54) is 4.31 Å². The van der Waals surface area contributed by atoms with Crippen molar-refractivity contribution in [2.75, 3.05) is 33.2 Å². The highest BCUT2D eigenvalue weighted by Gasteiger charge is 2.27. The van der Waals surface area contributed by atoms with Crippen LogP contribution in [0.5, 0.6) is 5.75 Å². The van der Waals surface area contributed by atoms with Crippen LogP contribution >= 0.6 is 11.6 Å². The van der Waals surface area contributed by atoms with Crippen molar-refractivity contribution in [3.63, 3.8) is 0 Å². The molecule has 0 spiro atoms. The van der Waals surface area contributed by atoms with Crippen LogP contribution in [0, 0.1) is 0 Å². The number of hydrogen-bond acceptors (Lipinski definition) is 5. The van der Waals surface area contributed by atoms with Gasteiger partial charge in [0.1, 0.15) is 5.75 Å². The van der Waals surface area contributed by atoms with Gasteiger partial charge in [-0.2, -0.15) is 4.31 Å². The molecule has 1 amide bonds. The summed E-state index contributed by atoms with van der Waals surface area (Å²) in [6, 6.07) is 13.4. The Morgan fingerprint density at radius 1 is 1.07 bits per heavy atom. The molecule has 0 radical (unpaired) electrons.